The predicted molar refractivity (Wildman–Crippen MR) is 71.9 cm³/mol. The van der Waals surface area contributed by atoms with Gasteiger partial charge in [0.1, 0.15) is 12.1 Å². The van der Waals surface area contributed by atoms with Gasteiger partial charge >= 0.3 is 0 Å². The molecule has 0 spiro atoms. The van der Waals surface area contributed by atoms with Crippen molar-refractivity contribution in [2.75, 3.05) is 5.32 Å². The number of nitrogens with two attached hydrogens (primary N) is 1. The molecule has 5 heteroatoms. The van der Waals surface area contributed by atoms with Crippen LogP contribution in [0.25, 0.3) is 0 Å². The van der Waals surface area contributed by atoms with E-state index in [1.165, 1.54) is 12.1 Å². The number of carbonyl (C=O) groups excluding carboxylic acids is 1. The molecule has 3 N–H and O–H groups in total. The zero-order valence-corrected chi connectivity index (χ0v) is 11.0. The first-order chi connectivity index (χ1) is 8.97. The van der Waals surface area contributed by atoms with E-state index in [0.29, 0.717) is 18.0 Å². The van der Waals surface area contributed by atoms with Gasteiger partial charge in [0, 0.05) is 5.69 Å². The molecule has 0 aliphatic rings. The first kappa shape index (κ1) is 14.7. The van der Waals surface area contributed by atoms with E-state index >= 15 is 0 Å². The third-order valence-corrected chi connectivity index (χ3v) is 2.59. The van der Waals surface area contributed by atoms with E-state index in [-0.39, 0.29) is 17.0 Å². The van der Waals surface area contributed by atoms with Crippen LogP contribution in [0, 0.1) is 28.6 Å². The van der Waals surface area contributed by atoms with E-state index in [2.05, 4.69) is 5.32 Å². The van der Waals surface area contributed by atoms with E-state index in [4.69, 9.17) is 16.3 Å². The molecule has 98 valence electrons. The zero-order valence-electron chi connectivity index (χ0n) is 11.0. The third-order valence-electron chi connectivity index (χ3n) is 2.59. The van der Waals surface area contributed by atoms with Gasteiger partial charge in [-0.1, -0.05) is 13.8 Å². The highest BCUT2D eigenvalue weighted by Crippen LogP contribution is 2.15. The molecule has 1 rings (SSSR count). The van der Waals surface area contributed by atoms with Crippen LogP contribution in [-0.2, 0) is 4.79 Å². The van der Waals surface area contributed by atoms with E-state index < -0.39 is 6.04 Å². The SMILES string of the molecule is CC(C)C[C@@H](N)C(=O)Nc1ccc(C#N)c(C#N)c1. The summed E-state index contributed by atoms with van der Waals surface area (Å²) in [4.78, 5) is 11.8. The molecule has 0 saturated carbocycles. The number of rotatable bonds is 4. The van der Waals surface area contributed by atoms with Crippen molar-refractivity contribution >= 4 is 11.6 Å². The lowest BCUT2D eigenvalue weighted by Gasteiger charge is -2.14. The first-order valence-electron chi connectivity index (χ1n) is 5.98. The second-order valence-corrected chi connectivity index (χ2v) is 4.71. The Morgan fingerprint density at radius 2 is 1.95 bits per heavy atom. The molecule has 0 bridgehead atoms. The summed E-state index contributed by atoms with van der Waals surface area (Å²) >= 11 is 0. The Labute approximate surface area is 112 Å². The maximum Gasteiger partial charge on any atom is 0.241 e. The van der Waals surface area contributed by atoms with Crippen molar-refractivity contribution in [3.05, 3.63) is 29.3 Å². The molecule has 1 aromatic carbocycles. The van der Waals surface area contributed by atoms with Gasteiger partial charge in [0.25, 0.3) is 0 Å². The van der Waals surface area contributed by atoms with E-state index in [9.17, 15) is 4.79 Å². The fraction of sp³-hybridized carbons (Fsp3) is 0.357. The van der Waals surface area contributed by atoms with E-state index in [0.717, 1.165) is 0 Å². The van der Waals surface area contributed by atoms with Crippen LogP contribution in [0.4, 0.5) is 5.69 Å². The monoisotopic (exact) mass is 256 g/mol. The Kier molecular flexibility index (Phi) is 5.05. The highest BCUT2D eigenvalue weighted by atomic mass is 16.2. The number of hydrogen-bond donors (Lipinski definition) is 2. The summed E-state index contributed by atoms with van der Waals surface area (Å²) < 4.78 is 0. The summed E-state index contributed by atoms with van der Waals surface area (Å²) in [5, 5.41) is 20.3. The van der Waals surface area contributed by atoms with Crippen LogP contribution in [-0.4, -0.2) is 11.9 Å². The summed E-state index contributed by atoms with van der Waals surface area (Å²) in [6.07, 6.45) is 0.590. The van der Waals surface area contributed by atoms with Gasteiger partial charge in [0.2, 0.25) is 5.91 Å². The molecule has 0 aromatic heterocycles. The van der Waals surface area contributed by atoms with Gasteiger partial charge in [-0.05, 0) is 30.5 Å². The van der Waals surface area contributed by atoms with Crippen LogP contribution in [0.3, 0.4) is 0 Å². The van der Waals surface area contributed by atoms with Crippen molar-refractivity contribution in [2.24, 2.45) is 11.7 Å². The molecule has 0 saturated heterocycles. The quantitative estimate of drug-likeness (QED) is 0.856. The van der Waals surface area contributed by atoms with Gasteiger partial charge in [-0.25, -0.2) is 0 Å². The summed E-state index contributed by atoms with van der Waals surface area (Å²) in [6.45, 7) is 3.98. The Bertz CT molecular complexity index is 552. The van der Waals surface area contributed by atoms with Crippen LogP contribution in [0.15, 0.2) is 18.2 Å². The average Bonchev–Trinajstić information content (AvgIpc) is 2.37. The fourth-order valence-corrected chi connectivity index (χ4v) is 1.66. The number of anilines is 1. The lowest BCUT2D eigenvalue weighted by molar-refractivity contribution is -0.117. The summed E-state index contributed by atoms with van der Waals surface area (Å²) in [7, 11) is 0. The first-order valence-corrected chi connectivity index (χ1v) is 5.98. The topological polar surface area (TPSA) is 103 Å². The zero-order chi connectivity index (χ0) is 14.4. The molecule has 0 aliphatic heterocycles. The molecule has 1 aromatic rings. The molecule has 19 heavy (non-hydrogen) atoms. The molecule has 0 radical (unpaired) electrons. The standard InChI is InChI=1S/C14H16N4O/c1-9(2)5-13(17)14(19)18-12-4-3-10(7-15)11(6-12)8-16/h3-4,6,9,13H,5,17H2,1-2H3,(H,18,19)/t13-/m1/s1. The second-order valence-electron chi connectivity index (χ2n) is 4.71. The minimum atomic E-state index is -0.582. The maximum atomic E-state index is 11.8. The van der Waals surface area contributed by atoms with Crippen molar-refractivity contribution in [1.82, 2.24) is 0 Å². The lowest BCUT2D eigenvalue weighted by atomic mass is 10.0. The van der Waals surface area contributed by atoms with Gasteiger partial charge in [-0.15, -0.1) is 0 Å². The summed E-state index contributed by atoms with van der Waals surface area (Å²) in [5.74, 6) is 0.0404. The Hall–Kier alpha value is -2.37. The fourth-order valence-electron chi connectivity index (χ4n) is 1.66. The van der Waals surface area contributed by atoms with E-state index in [1.807, 2.05) is 26.0 Å². The third kappa shape index (κ3) is 4.09. The van der Waals surface area contributed by atoms with Crippen molar-refractivity contribution < 1.29 is 4.79 Å². The van der Waals surface area contributed by atoms with E-state index in [1.54, 1.807) is 6.07 Å². The number of carbonyl (C=O) groups is 1. The average molecular weight is 256 g/mol. The van der Waals surface area contributed by atoms with Crippen LogP contribution in [0.1, 0.15) is 31.4 Å². The highest BCUT2D eigenvalue weighted by Gasteiger charge is 2.15. The van der Waals surface area contributed by atoms with Crippen molar-refractivity contribution in [1.29, 1.82) is 10.5 Å². The van der Waals surface area contributed by atoms with Crippen LogP contribution in [0.2, 0.25) is 0 Å². The summed E-state index contributed by atoms with van der Waals surface area (Å²) in [5.41, 5.74) is 6.75. The number of benzene rings is 1. The van der Waals surface area contributed by atoms with Gasteiger partial charge in [0.05, 0.1) is 17.2 Å². The molecule has 0 aliphatic carbocycles. The molecular formula is C14H16N4O. The summed E-state index contributed by atoms with van der Waals surface area (Å²) in [6, 6.07) is 7.81. The lowest BCUT2D eigenvalue weighted by Crippen LogP contribution is -2.36. The molecular weight excluding hydrogens is 240 g/mol. The highest BCUT2D eigenvalue weighted by molar-refractivity contribution is 5.94. The second kappa shape index (κ2) is 6.53. The van der Waals surface area contributed by atoms with Crippen LogP contribution < -0.4 is 11.1 Å². The number of nitrogens with zero attached hydrogens (tertiary/aromatic N) is 2. The molecule has 1 atom stereocenters. The van der Waals surface area contributed by atoms with Gasteiger partial charge in [0.15, 0.2) is 0 Å². The minimum absolute atomic E-state index is 0.234. The number of nitrogens with one attached hydrogen (secondary N) is 1. The van der Waals surface area contributed by atoms with Crippen LogP contribution >= 0.6 is 0 Å². The predicted octanol–water partition coefficient (Wildman–Crippen LogP) is 1.74. The smallest absolute Gasteiger partial charge is 0.241 e. The van der Waals surface area contributed by atoms with Gasteiger partial charge < -0.3 is 11.1 Å². The number of nitriles is 2. The maximum absolute atomic E-state index is 11.8. The van der Waals surface area contributed by atoms with Crippen molar-refractivity contribution in [2.45, 2.75) is 26.3 Å². The Morgan fingerprint density at radius 1 is 1.32 bits per heavy atom. The molecule has 0 fully saturated rings. The largest absolute Gasteiger partial charge is 0.325 e. The molecule has 5 nitrogen and oxygen atoms in total. The molecule has 0 heterocycles. The minimum Gasteiger partial charge on any atom is -0.325 e. The van der Waals surface area contributed by atoms with Gasteiger partial charge in [-0.3, -0.25) is 4.79 Å². The van der Waals surface area contributed by atoms with Gasteiger partial charge in [-0.2, -0.15) is 10.5 Å². The van der Waals surface area contributed by atoms with Crippen molar-refractivity contribution in [3.8, 4) is 12.1 Å². The molecule has 0 unspecified atom stereocenters. The molecule has 1 amide bonds. The Balaban J connectivity index is 2.81. The number of amides is 1. The Morgan fingerprint density at radius 3 is 2.47 bits per heavy atom. The van der Waals surface area contributed by atoms with Crippen molar-refractivity contribution in [3.63, 3.8) is 0 Å². The normalized spacial score (nSPS) is 11.5. The number of hydrogen-bond acceptors (Lipinski definition) is 4. The van der Waals surface area contributed by atoms with Crippen LogP contribution in [0.5, 0.6) is 0 Å².